The van der Waals surface area contributed by atoms with E-state index in [1.165, 1.54) is 37.0 Å². The second kappa shape index (κ2) is 11.6. The van der Waals surface area contributed by atoms with E-state index < -0.39 is 0 Å². The van der Waals surface area contributed by atoms with Gasteiger partial charge in [0.2, 0.25) is 0 Å². The quantitative estimate of drug-likeness (QED) is 0.510. The van der Waals surface area contributed by atoms with Gasteiger partial charge in [0.05, 0.1) is 0 Å². The predicted molar refractivity (Wildman–Crippen MR) is 123 cm³/mol. The molecule has 28 heavy (non-hydrogen) atoms. The van der Waals surface area contributed by atoms with Crippen LogP contribution in [0.4, 0.5) is 0 Å². The first-order valence-electron chi connectivity index (χ1n) is 11.4. The van der Waals surface area contributed by atoms with Gasteiger partial charge in [0.1, 0.15) is 5.60 Å². The highest BCUT2D eigenvalue weighted by atomic mass is 16.5. The first-order valence-corrected chi connectivity index (χ1v) is 11.4. The fraction of sp³-hybridized carbons (Fsp3) is 0.615. The number of rotatable bonds is 6. The molecule has 2 nitrogen and oxygen atoms in total. The molecule has 0 aromatic heterocycles. The summed E-state index contributed by atoms with van der Waals surface area (Å²) in [4.78, 5) is 2.51. The van der Waals surface area contributed by atoms with Gasteiger partial charge in [-0.15, -0.1) is 0 Å². The van der Waals surface area contributed by atoms with Crippen molar-refractivity contribution in [3.63, 3.8) is 0 Å². The van der Waals surface area contributed by atoms with Crippen LogP contribution in [0.3, 0.4) is 0 Å². The van der Waals surface area contributed by atoms with Crippen LogP contribution in [0.15, 0.2) is 59.8 Å². The smallest absolute Gasteiger partial charge is 0.115 e. The summed E-state index contributed by atoms with van der Waals surface area (Å²) in [6.45, 7) is 10.6. The number of hydrogen-bond acceptors (Lipinski definition) is 2. The fourth-order valence-corrected chi connectivity index (χ4v) is 4.22. The Morgan fingerprint density at radius 1 is 1.14 bits per heavy atom. The Labute approximate surface area is 173 Å². The van der Waals surface area contributed by atoms with Crippen molar-refractivity contribution in [1.29, 1.82) is 0 Å². The molecule has 0 N–H and O–H groups in total. The minimum absolute atomic E-state index is 0.366. The third-order valence-corrected chi connectivity index (χ3v) is 6.16. The summed E-state index contributed by atoms with van der Waals surface area (Å²) in [6.07, 6.45) is 25.3. The van der Waals surface area contributed by atoms with Crippen molar-refractivity contribution in [2.75, 3.05) is 20.2 Å². The van der Waals surface area contributed by atoms with E-state index in [1.54, 1.807) is 0 Å². The van der Waals surface area contributed by atoms with Crippen LogP contribution in [0, 0.1) is 5.92 Å². The lowest BCUT2D eigenvalue weighted by atomic mass is 9.82. The Bertz CT molecular complexity index is 624. The van der Waals surface area contributed by atoms with E-state index in [2.05, 4.69) is 74.4 Å². The zero-order chi connectivity index (χ0) is 20.4. The summed E-state index contributed by atoms with van der Waals surface area (Å²) in [5, 5.41) is 0. The Hall–Kier alpha value is -1.38. The summed E-state index contributed by atoms with van der Waals surface area (Å²) >= 11 is 0. The maximum Gasteiger partial charge on any atom is 0.115 e. The van der Waals surface area contributed by atoms with E-state index in [0.717, 1.165) is 25.9 Å². The highest BCUT2D eigenvalue weighted by molar-refractivity contribution is 5.47. The number of likely N-dealkylation sites (tertiary alicyclic amines) is 1. The van der Waals surface area contributed by atoms with Crippen molar-refractivity contribution < 1.29 is 4.74 Å². The summed E-state index contributed by atoms with van der Waals surface area (Å²) in [5.41, 5.74) is 2.20. The van der Waals surface area contributed by atoms with Gasteiger partial charge >= 0.3 is 0 Å². The normalized spacial score (nSPS) is 27.2. The molecule has 0 saturated carbocycles. The van der Waals surface area contributed by atoms with Gasteiger partial charge in [0.15, 0.2) is 0 Å². The van der Waals surface area contributed by atoms with Gasteiger partial charge in [-0.2, -0.15) is 0 Å². The molecule has 0 amide bonds. The first-order chi connectivity index (χ1) is 13.6. The molecule has 3 atom stereocenters. The summed E-state index contributed by atoms with van der Waals surface area (Å²) < 4.78 is 6.65. The van der Waals surface area contributed by atoms with Crippen LogP contribution in [0.1, 0.15) is 66.2 Å². The molecule has 0 aromatic carbocycles. The molecule has 1 unspecified atom stereocenters. The number of hydrogen-bond donors (Lipinski definition) is 0. The third-order valence-electron chi connectivity index (χ3n) is 6.16. The zero-order valence-corrected chi connectivity index (χ0v) is 18.8. The molecule has 3 rings (SSSR count). The van der Waals surface area contributed by atoms with Gasteiger partial charge < -0.3 is 9.64 Å². The number of nitrogens with zero attached hydrogens (tertiary/aromatic N) is 1. The van der Waals surface area contributed by atoms with Crippen LogP contribution in [0.2, 0.25) is 0 Å². The number of allylic oxidation sites excluding steroid dienone is 6. The average molecular weight is 384 g/mol. The molecule has 3 aliphatic rings. The SMILES string of the molecule is CC.CC1C=CC([C@](C)(OCC[C@H]2CCCCN2C)C2=CC=CCC=C2)=CC1. The zero-order valence-electron chi connectivity index (χ0n) is 18.8. The van der Waals surface area contributed by atoms with Crippen LogP contribution in [-0.4, -0.2) is 36.7 Å². The Balaban J connectivity index is 0.00000136. The van der Waals surface area contributed by atoms with E-state index >= 15 is 0 Å². The third kappa shape index (κ3) is 6.06. The van der Waals surface area contributed by atoms with E-state index in [9.17, 15) is 0 Å². The number of ether oxygens (including phenoxy) is 1. The van der Waals surface area contributed by atoms with Crippen LogP contribution < -0.4 is 0 Å². The molecule has 0 spiro atoms. The van der Waals surface area contributed by atoms with E-state index in [-0.39, 0.29) is 5.60 Å². The maximum atomic E-state index is 6.65. The molecular weight excluding hydrogens is 342 g/mol. The van der Waals surface area contributed by atoms with Crippen molar-refractivity contribution in [3.05, 3.63) is 59.8 Å². The van der Waals surface area contributed by atoms with Gasteiger partial charge in [0.25, 0.3) is 0 Å². The molecule has 0 radical (unpaired) electrons. The second-order valence-corrected chi connectivity index (χ2v) is 8.22. The van der Waals surface area contributed by atoms with E-state index in [1.807, 2.05) is 13.8 Å². The Morgan fingerprint density at radius 3 is 2.68 bits per heavy atom. The van der Waals surface area contributed by atoms with Crippen molar-refractivity contribution in [1.82, 2.24) is 4.90 Å². The molecular formula is C26H41NO. The Kier molecular flexibility index (Phi) is 9.47. The minimum Gasteiger partial charge on any atom is -0.366 e. The van der Waals surface area contributed by atoms with Gasteiger partial charge in [-0.1, -0.05) is 75.8 Å². The number of piperidine rings is 1. The standard InChI is InChI=1S/C24H35NO.C2H6/c1-20-13-15-22(16-14-20)24(2,21-10-6-4-5-7-11-21)26-19-17-23-12-8-9-18-25(23)3;1-2/h4,6-7,10-11,13,15-16,20,23H,5,8-9,12,14,17-19H2,1-3H3;1-2H3/t20?,23-,24-;/m1./s1. The minimum atomic E-state index is -0.366. The molecule has 1 saturated heterocycles. The monoisotopic (exact) mass is 383 g/mol. The van der Waals surface area contributed by atoms with Crippen LogP contribution in [-0.2, 0) is 4.74 Å². The average Bonchev–Trinajstić information content (AvgIpc) is 3.01. The Morgan fingerprint density at radius 2 is 1.96 bits per heavy atom. The predicted octanol–water partition coefficient (Wildman–Crippen LogP) is 6.63. The van der Waals surface area contributed by atoms with E-state index in [4.69, 9.17) is 4.74 Å². The largest absolute Gasteiger partial charge is 0.366 e. The summed E-state index contributed by atoms with van der Waals surface area (Å²) in [7, 11) is 2.26. The molecule has 1 fully saturated rings. The topological polar surface area (TPSA) is 12.5 Å². The van der Waals surface area contributed by atoms with Gasteiger partial charge in [-0.3, -0.25) is 0 Å². The molecule has 0 aromatic rings. The fourth-order valence-electron chi connectivity index (χ4n) is 4.22. The molecule has 1 aliphatic heterocycles. The van der Waals surface area contributed by atoms with Crippen LogP contribution >= 0.6 is 0 Å². The van der Waals surface area contributed by atoms with Gasteiger partial charge in [0, 0.05) is 12.6 Å². The van der Waals surface area contributed by atoms with E-state index in [0.29, 0.717) is 12.0 Å². The summed E-state index contributed by atoms with van der Waals surface area (Å²) in [5.74, 6) is 0.623. The lowest BCUT2D eigenvalue weighted by molar-refractivity contribution is 0.0127. The highest BCUT2D eigenvalue weighted by Crippen LogP contribution is 2.36. The maximum absolute atomic E-state index is 6.65. The lowest BCUT2D eigenvalue weighted by Crippen LogP contribution is -2.39. The summed E-state index contributed by atoms with van der Waals surface area (Å²) in [6, 6.07) is 0.669. The highest BCUT2D eigenvalue weighted by Gasteiger charge is 2.33. The molecule has 1 heterocycles. The van der Waals surface area contributed by atoms with Gasteiger partial charge in [-0.25, -0.2) is 0 Å². The molecule has 156 valence electrons. The second-order valence-electron chi connectivity index (χ2n) is 8.22. The van der Waals surface area contributed by atoms with Gasteiger partial charge in [-0.05, 0) is 69.7 Å². The van der Waals surface area contributed by atoms with Crippen LogP contribution in [0.25, 0.3) is 0 Å². The van der Waals surface area contributed by atoms with Crippen molar-refractivity contribution in [2.24, 2.45) is 5.92 Å². The molecule has 2 heteroatoms. The first kappa shape index (κ1) is 22.9. The lowest BCUT2D eigenvalue weighted by Gasteiger charge is -2.37. The van der Waals surface area contributed by atoms with Crippen molar-refractivity contribution in [2.45, 2.75) is 77.9 Å². The molecule has 2 aliphatic carbocycles. The van der Waals surface area contributed by atoms with Crippen LogP contribution in [0.5, 0.6) is 0 Å². The van der Waals surface area contributed by atoms with Crippen molar-refractivity contribution >= 4 is 0 Å². The van der Waals surface area contributed by atoms with Crippen molar-refractivity contribution in [3.8, 4) is 0 Å². The molecule has 0 bridgehead atoms.